The molecule has 0 saturated carbocycles. The Morgan fingerprint density at radius 3 is 2.79 bits per heavy atom. The molecule has 0 bridgehead atoms. The average Bonchev–Trinajstić information content (AvgIpc) is 2.85. The van der Waals surface area contributed by atoms with Gasteiger partial charge in [0.15, 0.2) is 0 Å². The molecule has 0 aliphatic heterocycles. The van der Waals surface area contributed by atoms with Crippen LogP contribution in [0.2, 0.25) is 5.02 Å². The summed E-state index contributed by atoms with van der Waals surface area (Å²) >= 11 is 11.4. The maximum atomic E-state index is 11.6. The first kappa shape index (κ1) is 14.0. The van der Waals surface area contributed by atoms with E-state index in [9.17, 15) is 8.42 Å². The van der Waals surface area contributed by atoms with Crippen molar-refractivity contribution >= 4 is 38.9 Å². The third-order valence-corrected chi connectivity index (χ3v) is 4.19. The van der Waals surface area contributed by atoms with Gasteiger partial charge in [-0.15, -0.1) is 16.7 Å². The van der Waals surface area contributed by atoms with E-state index < -0.39 is 10.0 Å². The van der Waals surface area contributed by atoms with Crippen LogP contribution < -0.4 is 4.72 Å². The molecule has 1 aromatic heterocycles. The molecule has 0 radical (unpaired) electrons. The number of halogens is 2. The zero-order chi connectivity index (χ0) is 13.9. The first-order chi connectivity index (χ1) is 9.02. The van der Waals surface area contributed by atoms with Crippen LogP contribution in [0, 0.1) is 0 Å². The molecule has 0 spiro atoms. The number of anilines is 1. The van der Waals surface area contributed by atoms with Crippen molar-refractivity contribution in [1.29, 1.82) is 0 Å². The largest absolute Gasteiger partial charge is 0.282 e. The fraction of sp³-hybridized carbons (Fsp3) is 0.222. The van der Waals surface area contributed by atoms with Gasteiger partial charge in [0.05, 0.1) is 22.2 Å². The maximum Gasteiger partial charge on any atom is 0.233 e. The van der Waals surface area contributed by atoms with Gasteiger partial charge in [-0.25, -0.2) is 13.1 Å². The molecule has 0 atom stereocenters. The van der Waals surface area contributed by atoms with Gasteiger partial charge in [0.25, 0.3) is 0 Å². The van der Waals surface area contributed by atoms with Gasteiger partial charge in [0.2, 0.25) is 10.0 Å². The Balaban J connectivity index is 2.33. The van der Waals surface area contributed by atoms with Crippen molar-refractivity contribution in [1.82, 2.24) is 20.2 Å². The van der Waals surface area contributed by atoms with Gasteiger partial charge in [-0.05, 0) is 28.6 Å². The van der Waals surface area contributed by atoms with Crippen molar-refractivity contribution in [2.75, 3.05) is 16.4 Å². The number of alkyl halides is 1. The Hall–Kier alpha value is -1.38. The second-order valence-corrected chi connectivity index (χ2v) is 6.16. The van der Waals surface area contributed by atoms with Crippen LogP contribution in [-0.4, -0.2) is 40.3 Å². The average molecular weight is 322 g/mol. The predicted octanol–water partition coefficient (Wildman–Crippen LogP) is 1.30. The molecule has 0 fully saturated rings. The lowest BCUT2D eigenvalue weighted by atomic mass is 10.3. The van der Waals surface area contributed by atoms with Gasteiger partial charge in [0.1, 0.15) is 6.33 Å². The van der Waals surface area contributed by atoms with Crippen LogP contribution in [-0.2, 0) is 10.0 Å². The monoisotopic (exact) mass is 321 g/mol. The van der Waals surface area contributed by atoms with E-state index in [-0.39, 0.29) is 22.3 Å². The SMILES string of the molecule is O=S(=O)(CCCl)Nc1cc(-n2cnnn2)ccc1Cl. The van der Waals surface area contributed by atoms with E-state index in [1.54, 1.807) is 12.1 Å². The highest BCUT2D eigenvalue weighted by Gasteiger charge is 2.13. The predicted molar refractivity (Wildman–Crippen MR) is 72.3 cm³/mol. The van der Waals surface area contributed by atoms with Crippen LogP contribution in [0.25, 0.3) is 5.69 Å². The molecule has 7 nitrogen and oxygen atoms in total. The third-order valence-electron chi connectivity index (χ3n) is 2.17. The summed E-state index contributed by atoms with van der Waals surface area (Å²) in [4.78, 5) is 0. The smallest absolute Gasteiger partial charge is 0.233 e. The standard InChI is InChI=1S/C9H9Cl2N5O2S/c10-3-4-19(17,18)13-9-5-7(1-2-8(9)11)16-6-12-14-15-16/h1-2,5-6,13H,3-4H2. The molecule has 2 rings (SSSR count). The number of sulfonamides is 1. The number of tetrazole rings is 1. The Morgan fingerprint density at radius 1 is 1.37 bits per heavy atom. The molecular weight excluding hydrogens is 313 g/mol. The van der Waals surface area contributed by atoms with Crippen molar-refractivity contribution in [3.63, 3.8) is 0 Å². The van der Waals surface area contributed by atoms with Crippen LogP contribution in [0.1, 0.15) is 0 Å². The second kappa shape index (κ2) is 5.72. The van der Waals surface area contributed by atoms with Crippen LogP contribution in [0.15, 0.2) is 24.5 Å². The summed E-state index contributed by atoms with van der Waals surface area (Å²) in [5.41, 5.74) is 0.831. The number of hydrogen-bond donors (Lipinski definition) is 1. The lowest BCUT2D eigenvalue weighted by molar-refractivity contribution is 0.602. The zero-order valence-electron chi connectivity index (χ0n) is 9.49. The molecule has 0 aliphatic rings. The molecule has 0 aliphatic carbocycles. The fourth-order valence-corrected chi connectivity index (χ4v) is 2.97. The number of rotatable bonds is 5. The van der Waals surface area contributed by atoms with E-state index in [2.05, 4.69) is 20.2 Å². The molecule has 1 N–H and O–H groups in total. The lowest BCUT2D eigenvalue weighted by Gasteiger charge is -2.10. The molecule has 19 heavy (non-hydrogen) atoms. The van der Waals surface area contributed by atoms with E-state index in [0.29, 0.717) is 5.69 Å². The summed E-state index contributed by atoms with van der Waals surface area (Å²) in [7, 11) is -3.52. The number of nitrogens with one attached hydrogen (secondary N) is 1. The molecule has 102 valence electrons. The van der Waals surface area contributed by atoms with Crippen LogP contribution >= 0.6 is 23.2 Å². The van der Waals surface area contributed by atoms with Crippen LogP contribution in [0.3, 0.4) is 0 Å². The number of nitrogens with zero attached hydrogens (tertiary/aromatic N) is 4. The van der Waals surface area contributed by atoms with Crippen LogP contribution in [0.5, 0.6) is 0 Å². The zero-order valence-corrected chi connectivity index (χ0v) is 11.8. The van der Waals surface area contributed by atoms with E-state index in [1.165, 1.54) is 17.1 Å². The molecular formula is C9H9Cl2N5O2S. The van der Waals surface area contributed by atoms with Crippen molar-refractivity contribution in [2.24, 2.45) is 0 Å². The minimum atomic E-state index is -3.52. The summed E-state index contributed by atoms with van der Waals surface area (Å²) < 4.78 is 27.0. The number of benzene rings is 1. The van der Waals surface area contributed by atoms with Gasteiger partial charge < -0.3 is 0 Å². The number of hydrogen-bond acceptors (Lipinski definition) is 5. The minimum Gasteiger partial charge on any atom is -0.282 e. The summed E-state index contributed by atoms with van der Waals surface area (Å²) in [6.45, 7) is 0. The first-order valence-electron chi connectivity index (χ1n) is 5.11. The van der Waals surface area contributed by atoms with Gasteiger partial charge >= 0.3 is 0 Å². The van der Waals surface area contributed by atoms with Gasteiger partial charge in [0, 0.05) is 5.88 Å². The molecule has 1 heterocycles. The second-order valence-electron chi connectivity index (χ2n) is 3.53. The highest BCUT2D eigenvalue weighted by Crippen LogP contribution is 2.25. The van der Waals surface area contributed by atoms with E-state index in [1.807, 2.05) is 0 Å². The van der Waals surface area contributed by atoms with E-state index in [4.69, 9.17) is 23.2 Å². The van der Waals surface area contributed by atoms with Crippen molar-refractivity contribution in [3.8, 4) is 5.69 Å². The van der Waals surface area contributed by atoms with Crippen molar-refractivity contribution in [3.05, 3.63) is 29.5 Å². The molecule has 10 heteroatoms. The minimum absolute atomic E-state index is 0.000358. The quantitative estimate of drug-likeness (QED) is 0.838. The van der Waals surface area contributed by atoms with Crippen molar-refractivity contribution < 1.29 is 8.42 Å². The van der Waals surface area contributed by atoms with Crippen LogP contribution in [0.4, 0.5) is 5.69 Å². The number of aromatic nitrogens is 4. The van der Waals surface area contributed by atoms with Gasteiger partial charge in [-0.1, -0.05) is 11.6 Å². The molecule has 0 amide bonds. The topological polar surface area (TPSA) is 89.8 Å². The summed E-state index contributed by atoms with van der Waals surface area (Å²) in [6, 6.07) is 4.75. The normalized spacial score (nSPS) is 11.5. The third kappa shape index (κ3) is 3.55. The highest BCUT2D eigenvalue weighted by atomic mass is 35.5. The van der Waals surface area contributed by atoms with Gasteiger partial charge in [-0.3, -0.25) is 4.72 Å². The summed E-state index contributed by atoms with van der Waals surface area (Å²) in [5, 5.41) is 11.0. The molecule has 1 aromatic carbocycles. The van der Waals surface area contributed by atoms with Crippen molar-refractivity contribution in [2.45, 2.75) is 0 Å². The Bertz CT molecular complexity index is 659. The van der Waals surface area contributed by atoms with E-state index >= 15 is 0 Å². The first-order valence-corrected chi connectivity index (χ1v) is 7.68. The van der Waals surface area contributed by atoms with Gasteiger partial charge in [-0.2, -0.15) is 0 Å². The fourth-order valence-electron chi connectivity index (χ4n) is 1.33. The highest BCUT2D eigenvalue weighted by molar-refractivity contribution is 7.92. The Kier molecular flexibility index (Phi) is 4.23. The Labute approximate surface area is 119 Å². The molecule has 2 aromatic rings. The Morgan fingerprint density at radius 2 is 2.16 bits per heavy atom. The molecule has 0 unspecified atom stereocenters. The maximum absolute atomic E-state index is 11.6. The molecule has 0 saturated heterocycles. The summed E-state index contributed by atoms with van der Waals surface area (Å²) in [5.74, 6) is -0.195. The van der Waals surface area contributed by atoms with E-state index in [0.717, 1.165) is 0 Å². The lowest BCUT2D eigenvalue weighted by Crippen LogP contribution is -2.18. The summed E-state index contributed by atoms with van der Waals surface area (Å²) in [6.07, 6.45) is 1.39.